The summed E-state index contributed by atoms with van der Waals surface area (Å²) in [6.45, 7) is 6.34. The van der Waals surface area contributed by atoms with Crippen LogP contribution in [0.1, 0.15) is 25.3 Å². The van der Waals surface area contributed by atoms with Crippen LogP contribution in [-0.4, -0.2) is 55.1 Å². The number of carbonyl (C=O) groups excluding carboxylic acids is 1. The first-order valence-corrected chi connectivity index (χ1v) is 7.75. The Kier molecular flexibility index (Phi) is 6.21. The highest BCUT2D eigenvalue weighted by Crippen LogP contribution is 2.15. The molecule has 1 fully saturated rings. The van der Waals surface area contributed by atoms with Crippen LogP contribution >= 0.6 is 0 Å². The van der Waals surface area contributed by atoms with Crippen LogP contribution in [0.5, 0.6) is 0 Å². The second-order valence-corrected chi connectivity index (χ2v) is 5.72. The molecule has 2 rings (SSSR count). The van der Waals surface area contributed by atoms with E-state index in [9.17, 15) is 4.79 Å². The van der Waals surface area contributed by atoms with Gasteiger partial charge in [-0.1, -0.05) is 30.3 Å². The second kappa shape index (κ2) is 8.15. The number of methoxy groups -OCH3 is 1. The third-order valence-corrected chi connectivity index (χ3v) is 4.20. The third-order valence-electron chi connectivity index (χ3n) is 4.20. The fourth-order valence-corrected chi connectivity index (χ4v) is 2.76. The van der Waals surface area contributed by atoms with Crippen molar-refractivity contribution in [2.75, 3.05) is 33.4 Å². The summed E-state index contributed by atoms with van der Waals surface area (Å²) in [6, 6.07) is 11.0. The monoisotopic (exact) mass is 290 g/mol. The van der Waals surface area contributed by atoms with Gasteiger partial charge >= 0.3 is 0 Å². The highest BCUT2D eigenvalue weighted by molar-refractivity contribution is 5.76. The molecule has 116 valence electrons. The van der Waals surface area contributed by atoms with Gasteiger partial charge in [0.05, 0.1) is 13.0 Å². The van der Waals surface area contributed by atoms with Crippen LogP contribution < -0.4 is 0 Å². The topological polar surface area (TPSA) is 32.8 Å². The van der Waals surface area contributed by atoms with Gasteiger partial charge in [0.25, 0.3) is 0 Å². The molecule has 1 atom stereocenters. The van der Waals surface area contributed by atoms with Crippen molar-refractivity contribution in [3.63, 3.8) is 0 Å². The van der Waals surface area contributed by atoms with Gasteiger partial charge in [-0.15, -0.1) is 0 Å². The van der Waals surface area contributed by atoms with Gasteiger partial charge in [0.2, 0.25) is 5.91 Å². The molecular weight excluding hydrogens is 264 g/mol. The molecule has 0 aliphatic carbocycles. The minimum absolute atomic E-state index is 0.214. The lowest BCUT2D eigenvalue weighted by molar-refractivity contribution is -0.132. The summed E-state index contributed by atoms with van der Waals surface area (Å²) >= 11 is 0. The molecule has 1 saturated heterocycles. The minimum atomic E-state index is 0.214. The van der Waals surface area contributed by atoms with Crippen molar-refractivity contribution < 1.29 is 9.53 Å². The van der Waals surface area contributed by atoms with Gasteiger partial charge in [0, 0.05) is 39.3 Å². The molecule has 0 aromatic heterocycles. The van der Waals surface area contributed by atoms with Crippen LogP contribution in [0.3, 0.4) is 0 Å². The molecule has 0 unspecified atom stereocenters. The van der Waals surface area contributed by atoms with Crippen LogP contribution in [0.25, 0.3) is 0 Å². The molecule has 0 spiro atoms. The SMILES string of the molecule is COCCC(=O)N1CC[C@H](C)N(Cc2ccccc2)CC1. The predicted octanol–water partition coefficient (Wildman–Crippen LogP) is 2.15. The molecule has 1 aliphatic rings. The quantitative estimate of drug-likeness (QED) is 0.833. The zero-order chi connectivity index (χ0) is 15.1. The summed E-state index contributed by atoms with van der Waals surface area (Å²) in [5, 5.41) is 0. The smallest absolute Gasteiger partial charge is 0.224 e. The normalized spacial score (nSPS) is 20.3. The predicted molar refractivity (Wildman–Crippen MR) is 84.0 cm³/mol. The molecule has 21 heavy (non-hydrogen) atoms. The van der Waals surface area contributed by atoms with E-state index in [-0.39, 0.29) is 5.91 Å². The summed E-state index contributed by atoms with van der Waals surface area (Å²) in [7, 11) is 1.64. The molecule has 1 aromatic rings. The van der Waals surface area contributed by atoms with E-state index in [2.05, 4.69) is 36.1 Å². The number of rotatable bonds is 5. The van der Waals surface area contributed by atoms with E-state index in [1.54, 1.807) is 7.11 Å². The zero-order valence-corrected chi connectivity index (χ0v) is 13.1. The van der Waals surface area contributed by atoms with Gasteiger partial charge in [-0.25, -0.2) is 0 Å². The molecule has 0 bridgehead atoms. The first-order chi connectivity index (χ1) is 10.2. The van der Waals surface area contributed by atoms with E-state index in [1.165, 1.54) is 5.56 Å². The Labute approximate surface area is 127 Å². The molecule has 0 saturated carbocycles. The number of nitrogens with zero attached hydrogens (tertiary/aromatic N) is 2. The number of benzene rings is 1. The van der Waals surface area contributed by atoms with Crippen LogP contribution in [0.4, 0.5) is 0 Å². The number of ether oxygens (including phenoxy) is 1. The maximum atomic E-state index is 12.1. The zero-order valence-electron chi connectivity index (χ0n) is 13.1. The van der Waals surface area contributed by atoms with E-state index >= 15 is 0 Å². The summed E-state index contributed by atoms with van der Waals surface area (Å²) in [4.78, 5) is 16.6. The van der Waals surface area contributed by atoms with Crippen molar-refractivity contribution in [1.82, 2.24) is 9.80 Å². The summed E-state index contributed by atoms with van der Waals surface area (Å²) in [5.41, 5.74) is 1.34. The van der Waals surface area contributed by atoms with Gasteiger partial charge in [0.15, 0.2) is 0 Å². The Morgan fingerprint density at radius 2 is 2.00 bits per heavy atom. The van der Waals surface area contributed by atoms with Crippen LogP contribution in [0.15, 0.2) is 30.3 Å². The number of hydrogen-bond donors (Lipinski definition) is 0. The van der Waals surface area contributed by atoms with Crippen LogP contribution in [0.2, 0.25) is 0 Å². The maximum Gasteiger partial charge on any atom is 0.224 e. The van der Waals surface area contributed by atoms with Crippen molar-refractivity contribution in [3.05, 3.63) is 35.9 Å². The number of hydrogen-bond acceptors (Lipinski definition) is 3. The highest BCUT2D eigenvalue weighted by atomic mass is 16.5. The van der Waals surface area contributed by atoms with Gasteiger partial charge in [-0.2, -0.15) is 0 Å². The fourth-order valence-electron chi connectivity index (χ4n) is 2.76. The third kappa shape index (κ3) is 4.83. The Morgan fingerprint density at radius 3 is 2.71 bits per heavy atom. The minimum Gasteiger partial charge on any atom is -0.384 e. The molecule has 1 heterocycles. The summed E-state index contributed by atoms with van der Waals surface area (Å²) in [5.74, 6) is 0.214. The van der Waals surface area contributed by atoms with Crippen molar-refractivity contribution >= 4 is 5.91 Å². The first-order valence-electron chi connectivity index (χ1n) is 7.75. The average molecular weight is 290 g/mol. The second-order valence-electron chi connectivity index (χ2n) is 5.72. The van der Waals surface area contributed by atoms with Gasteiger partial charge < -0.3 is 9.64 Å². The number of amides is 1. The lowest BCUT2D eigenvalue weighted by Gasteiger charge is -2.26. The largest absolute Gasteiger partial charge is 0.384 e. The van der Waals surface area contributed by atoms with E-state index in [4.69, 9.17) is 4.74 Å². The van der Waals surface area contributed by atoms with Crippen molar-refractivity contribution in [1.29, 1.82) is 0 Å². The Bertz CT molecular complexity index is 436. The van der Waals surface area contributed by atoms with E-state index in [1.807, 2.05) is 11.0 Å². The molecule has 0 N–H and O–H groups in total. The molecule has 1 aliphatic heterocycles. The summed E-state index contributed by atoms with van der Waals surface area (Å²) in [6.07, 6.45) is 1.52. The van der Waals surface area contributed by atoms with E-state index < -0.39 is 0 Å². The Morgan fingerprint density at radius 1 is 1.24 bits per heavy atom. The molecule has 1 aromatic carbocycles. The van der Waals surface area contributed by atoms with E-state index in [0.717, 1.165) is 32.6 Å². The molecule has 1 amide bonds. The molecule has 0 radical (unpaired) electrons. The van der Waals surface area contributed by atoms with Gasteiger partial charge in [0.1, 0.15) is 0 Å². The number of carbonyl (C=O) groups is 1. The Hall–Kier alpha value is -1.39. The lowest BCUT2D eigenvalue weighted by Crippen LogP contribution is -2.36. The fraction of sp³-hybridized carbons (Fsp3) is 0.588. The van der Waals surface area contributed by atoms with Crippen molar-refractivity contribution in [3.8, 4) is 0 Å². The van der Waals surface area contributed by atoms with Crippen LogP contribution in [-0.2, 0) is 16.1 Å². The molecule has 4 heteroatoms. The van der Waals surface area contributed by atoms with Crippen LogP contribution in [0, 0.1) is 0 Å². The van der Waals surface area contributed by atoms with E-state index in [0.29, 0.717) is 19.1 Å². The highest BCUT2D eigenvalue weighted by Gasteiger charge is 2.23. The summed E-state index contributed by atoms with van der Waals surface area (Å²) < 4.78 is 5.00. The first kappa shape index (κ1) is 16.0. The lowest BCUT2D eigenvalue weighted by atomic mass is 10.1. The maximum absolute atomic E-state index is 12.1. The molecule has 4 nitrogen and oxygen atoms in total. The van der Waals surface area contributed by atoms with Crippen molar-refractivity contribution in [2.45, 2.75) is 32.4 Å². The molecular formula is C17H26N2O2. The Balaban J connectivity index is 1.90. The van der Waals surface area contributed by atoms with Gasteiger partial charge in [-0.3, -0.25) is 9.69 Å². The van der Waals surface area contributed by atoms with Crippen molar-refractivity contribution in [2.24, 2.45) is 0 Å². The van der Waals surface area contributed by atoms with Gasteiger partial charge in [-0.05, 0) is 18.9 Å². The average Bonchev–Trinajstić information content (AvgIpc) is 2.69. The standard InChI is InChI=1S/C17H26N2O2/c1-15-8-10-18(17(20)9-13-21-2)11-12-19(15)14-16-6-4-3-5-7-16/h3-7,15H,8-14H2,1-2H3/t15-/m0/s1.